The summed E-state index contributed by atoms with van der Waals surface area (Å²) in [5.74, 6) is 1.12. The molecule has 0 radical (unpaired) electrons. The van der Waals surface area contributed by atoms with Crippen LogP contribution in [0.25, 0.3) is 11.0 Å². The molecule has 0 saturated heterocycles. The van der Waals surface area contributed by atoms with Crippen molar-refractivity contribution < 1.29 is 18.7 Å². The van der Waals surface area contributed by atoms with Gasteiger partial charge in [0.05, 0.1) is 31.2 Å². The maximum Gasteiger partial charge on any atom is 0.296 e. The van der Waals surface area contributed by atoms with Crippen molar-refractivity contribution in [1.29, 1.82) is 0 Å². The monoisotopic (exact) mass is 428 g/mol. The lowest BCUT2D eigenvalue weighted by Crippen LogP contribution is -2.31. The SMILES string of the molecule is COc1ccc(C2c3c(oc4ccccc4c3=O)C(=O)N2c2ncccc2C)cc1OC. The third-order valence-electron chi connectivity index (χ3n) is 5.71. The quantitative estimate of drug-likeness (QED) is 0.483. The molecule has 7 nitrogen and oxygen atoms in total. The molecule has 0 aliphatic carbocycles. The predicted molar refractivity (Wildman–Crippen MR) is 120 cm³/mol. The number of methoxy groups -OCH3 is 2. The second-order valence-corrected chi connectivity index (χ2v) is 7.51. The van der Waals surface area contributed by atoms with Crippen molar-refractivity contribution in [3.63, 3.8) is 0 Å². The lowest BCUT2D eigenvalue weighted by Gasteiger charge is -2.26. The fourth-order valence-electron chi connectivity index (χ4n) is 4.21. The zero-order valence-corrected chi connectivity index (χ0v) is 17.8. The summed E-state index contributed by atoms with van der Waals surface area (Å²) in [5, 5.41) is 0.420. The maximum absolute atomic E-state index is 13.6. The van der Waals surface area contributed by atoms with Gasteiger partial charge in [-0.2, -0.15) is 0 Å². The van der Waals surface area contributed by atoms with Crippen molar-refractivity contribution in [2.75, 3.05) is 19.1 Å². The number of rotatable bonds is 4. The van der Waals surface area contributed by atoms with Crippen LogP contribution in [-0.4, -0.2) is 25.1 Å². The van der Waals surface area contributed by atoms with Crippen molar-refractivity contribution in [2.45, 2.75) is 13.0 Å². The topological polar surface area (TPSA) is 81.9 Å². The first-order chi connectivity index (χ1) is 15.5. The molecule has 7 heteroatoms. The van der Waals surface area contributed by atoms with Crippen LogP contribution in [0.4, 0.5) is 5.82 Å². The molecule has 2 aromatic carbocycles. The summed E-state index contributed by atoms with van der Waals surface area (Å²) in [7, 11) is 3.09. The van der Waals surface area contributed by atoms with Gasteiger partial charge in [0.25, 0.3) is 5.91 Å². The number of nitrogens with zero attached hydrogens (tertiary/aromatic N) is 2. The average molecular weight is 428 g/mol. The van der Waals surface area contributed by atoms with E-state index < -0.39 is 11.9 Å². The molecular weight excluding hydrogens is 408 g/mol. The number of aryl methyl sites for hydroxylation is 1. The molecule has 0 fully saturated rings. The van der Waals surface area contributed by atoms with E-state index in [0.717, 1.165) is 5.56 Å². The lowest BCUT2D eigenvalue weighted by atomic mass is 9.98. The normalized spacial score (nSPS) is 15.2. The zero-order valence-electron chi connectivity index (χ0n) is 17.8. The van der Waals surface area contributed by atoms with E-state index in [1.807, 2.05) is 19.1 Å². The third kappa shape index (κ3) is 2.85. The number of fused-ring (bicyclic) bond motifs is 2. The molecule has 32 heavy (non-hydrogen) atoms. The molecule has 0 bridgehead atoms. The summed E-state index contributed by atoms with van der Waals surface area (Å²) in [4.78, 5) is 33.1. The summed E-state index contributed by atoms with van der Waals surface area (Å²) in [6.07, 6.45) is 1.62. The Hall–Kier alpha value is -4.13. The summed E-state index contributed by atoms with van der Waals surface area (Å²) in [6, 6.07) is 15.2. The van der Waals surface area contributed by atoms with Gasteiger partial charge < -0.3 is 13.9 Å². The molecule has 1 unspecified atom stereocenters. The molecular formula is C25H20N2O5. The second kappa shape index (κ2) is 7.53. The molecule has 3 heterocycles. The fraction of sp³-hybridized carbons (Fsp3) is 0.160. The van der Waals surface area contributed by atoms with Crippen LogP contribution in [0.15, 0.2) is 70.0 Å². The molecule has 1 amide bonds. The van der Waals surface area contributed by atoms with Gasteiger partial charge in [0.1, 0.15) is 11.4 Å². The predicted octanol–water partition coefficient (Wildman–Crippen LogP) is 4.26. The molecule has 1 atom stereocenters. The van der Waals surface area contributed by atoms with E-state index in [9.17, 15) is 9.59 Å². The molecule has 160 valence electrons. The number of hydrogen-bond donors (Lipinski definition) is 0. The van der Waals surface area contributed by atoms with Crippen LogP contribution >= 0.6 is 0 Å². The van der Waals surface area contributed by atoms with E-state index in [1.165, 1.54) is 12.0 Å². The number of hydrogen-bond acceptors (Lipinski definition) is 6. The highest BCUT2D eigenvalue weighted by Crippen LogP contribution is 2.43. The summed E-state index contributed by atoms with van der Waals surface area (Å²) in [5.41, 5.74) is 1.89. The Morgan fingerprint density at radius 1 is 0.969 bits per heavy atom. The van der Waals surface area contributed by atoms with E-state index in [2.05, 4.69) is 4.98 Å². The van der Waals surface area contributed by atoms with E-state index in [1.54, 1.807) is 55.8 Å². The Morgan fingerprint density at radius 3 is 2.50 bits per heavy atom. The van der Waals surface area contributed by atoms with E-state index in [0.29, 0.717) is 33.8 Å². The van der Waals surface area contributed by atoms with Crippen LogP contribution in [0, 0.1) is 6.92 Å². The lowest BCUT2D eigenvalue weighted by molar-refractivity contribution is 0.0970. The molecule has 1 aliphatic rings. The number of carbonyl (C=O) groups is 1. The zero-order chi connectivity index (χ0) is 22.4. The van der Waals surface area contributed by atoms with Gasteiger partial charge in [0.2, 0.25) is 5.76 Å². The molecule has 1 aliphatic heterocycles. The van der Waals surface area contributed by atoms with Gasteiger partial charge in [-0.25, -0.2) is 4.98 Å². The van der Waals surface area contributed by atoms with Gasteiger partial charge in [0.15, 0.2) is 16.9 Å². The van der Waals surface area contributed by atoms with E-state index >= 15 is 0 Å². The Kier molecular flexibility index (Phi) is 4.66. The number of para-hydroxylation sites is 1. The molecule has 0 spiro atoms. The van der Waals surface area contributed by atoms with Crippen LogP contribution in [0.3, 0.4) is 0 Å². The van der Waals surface area contributed by atoms with Gasteiger partial charge in [-0.1, -0.05) is 24.3 Å². The Bertz CT molecular complexity index is 1430. The molecule has 2 aromatic heterocycles. The number of pyridine rings is 1. The maximum atomic E-state index is 13.6. The minimum absolute atomic E-state index is 0.0264. The van der Waals surface area contributed by atoms with Gasteiger partial charge >= 0.3 is 0 Å². The van der Waals surface area contributed by atoms with Crippen molar-refractivity contribution in [3.8, 4) is 11.5 Å². The first kappa shape index (κ1) is 19.8. The summed E-state index contributed by atoms with van der Waals surface area (Å²) >= 11 is 0. The third-order valence-corrected chi connectivity index (χ3v) is 5.71. The standard InChI is InChI=1S/C25H20N2O5/c1-14-7-6-12-26-24(14)27-21(15-10-11-18(30-2)19(13-15)31-3)20-22(28)16-8-4-5-9-17(16)32-23(20)25(27)29/h4-13,21H,1-3H3. The van der Waals surface area contributed by atoms with E-state index in [-0.39, 0.29) is 16.8 Å². The van der Waals surface area contributed by atoms with Gasteiger partial charge in [0, 0.05) is 6.20 Å². The minimum atomic E-state index is -0.730. The highest BCUT2D eigenvalue weighted by molar-refractivity contribution is 6.10. The van der Waals surface area contributed by atoms with Crippen molar-refractivity contribution in [1.82, 2.24) is 4.98 Å². The van der Waals surface area contributed by atoms with Crippen LogP contribution in [0.5, 0.6) is 11.5 Å². The van der Waals surface area contributed by atoms with Gasteiger partial charge in [-0.05, 0) is 48.4 Å². The van der Waals surface area contributed by atoms with Gasteiger partial charge in [-0.15, -0.1) is 0 Å². The van der Waals surface area contributed by atoms with Crippen molar-refractivity contribution >= 4 is 22.7 Å². The number of amides is 1. The highest BCUT2D eigenvalue weighted by atomic mass is 16.5. The first-order valence-electron chi connectivity index (χ1n) is 10.1. The first-order valence-corrected chi connectivity index (χ1v) is 10.1. The number of aromatic nitrogens is 1. The van der Waals surface area contributed by atoms with Crippen molar-refractivity contribution in [3.05, 3.63) is 93.5 Å². The van der Waals surface area contributed by atoms with Crippen LogP contribution in [0.2, 0.25) is 0 Å². The average Bonchev–Trinajstić information content (AvgIpc) is 3.11. The molecule has 4 aromatic rings. The largest absolute Gasteiger partial charge is 0.493 e. The van der Waals surface area contributed by atoms with Crippen LogP contribution < -0.4 is 19.8 Å². The summed E-state index contributed by atoms with van der Waals surface area (Å²) in [6.45, 7) is 1.87. The number of anilines is 1. The number of benzene rings is 2. The van der Waals surface area contributed by atoms with Gasteiger partial charge in [-0.3, -0.25) is 14.5 Å². The molecule has 0 saturated carbocycles. The highest BCUT2D eigenvalue weighted by Gasteiger charge is 2.44. The fourth-order valence-corrected chi connectivity index (χ4v) is 4.21. The second-order valence-electron chi connectivity index (χ2n) is 7.51. The Labute approximate surface area is 183 Å². The number of carbonyl (C=O) groups excluding carboxylic acids is 1. The minimum Gasteiger partial charge on any atom is -0.493 e. The van der Waals surface area contributed by atoms with Crippen LogP contribution in [-0.2, 0) is 0 Å². The Balaban J connectivity index is 1.83. The smallest absolute Gasteiger partial charge is 0.296 e. The van der Waals surface area contributed by atoms with Crippen molar-refractivity contribution in [2.24, 2.45) is 0 Å². The summed E-state index contributed by atoms with van der Waals surface area (Å²) < 4.78 is 16.8. The molecule has 5 rings (SSSR count). The van der Waals surface area contributed by atoms with E-state index in [4.69, 9.17) is 13.9 Å². The van der Waals surface area contributed by atoms with Crippen LogP contribution in [0.1, 0.15) is 33.3 Å². The Morgan fingerprint density at radius 2 is 1.75 bits per heavy atom. The number of ether oxygens (including phenoxy) is 2. The molecule has 0 N–H and O–H groups in total.